The second-order valence-electron chi connectivity index (χ2n) is 3.43. The van der Waals surface area contributed by atoms with E-state index >= 15 is 0 Å². The van der Waals surface area contributed by atoms with Crippen molar-refractivity contribution in [3.63, 3.8) is 0 Å². The van der Waals surface area contributed by atoms with Gasteiger partial charge in [-0.1, -0.05) is 0 Å². The van der Waals surface area contributed by atoms with Gasteiger partial charge in [0.15, 0.2) is 0 Å². The summed E-state index contributed by atoms with van der Waals surface area (Å²) in [7, 11) is 1.40. The van der Waals surface area contributed by atoms with Crippen molar-refractivity contribution in [2.45, 2.75) is 32.2 Å². The van der Waals surface area contributed by atoms with Crippen LogP contribution in [0.1, 0.15) is 26.2 Å². The first kappa shape index (κ1) is 10.0. The molecule has 0 aliphatic heterocycles. The topological polar surface area (TPSA) is 55.4 Å². The van der Waals surface area contributed by atoms with E-state index in [2.05, 4.69) is 10.1 Å². The first-order valence-corrected chi connectivity index (χ1v) is 4.48. The lowest BCUT2D eigenvalue weighted by molar-refractivity contribution is -0.145. The third-order valence-electron chi connectivity index (χ3n) is 2.37. The van der Waals surface area contributed by atoms with Crippen LogP contribution in [0.25, 0.3) is 0 Å². The number of nitrogens with one attached hydrogen (secondary N) is 1. The number of methoxy groups -OCH3 is 1. The van der Waals surface area contributed by atoms with Gasteiger partial charge < -0.3 is 10.1 Å². The first-order chi connectivity index (χ1) is 6.13. The molecule has 1 N–H and O–H groups in total. The van der Waals surface area contributed by atoms with E-state index in [9.17, 15) is 9.59 Å². The summed E-state index contributed by atoms with van der Waals surface area (Å²) in [4.78, 5) is 21.8. The fourth-order valence-electron chi connectivity index (χ4n) is 1.78. The molecule has 4 nitrogen and oxygen atoms in total. The minimum Gasteiger partial charge on any atom is -0.469 e. The first-order valence-electron chi connectivity index (χ1n) is 4.48. The molecule has 13 heavy (non-hydrogen) atoms. The van der Waals surface area contributed by atoms with Crippen LogP contribution in [0.15, 0.2) is 0 Å². The second kappa shape index (κ2) is 4.25. The molecule has 0 spiro atoms. The fourth-order valence-corrected chi connectivity index (χ4v) is 1.78. The van der Waals surface area contributed by atoms with Crippen LogP contribution in [0.4, 0.5) is 0 Å². The largest absolute Gasteiger partial charge is 0.469 e. The van der Waals surface area contributed by atoms with Crippen LogP contribution in [0.3, 0.4) is 0 Å². The molecule has 1 fully saturated rings. The summed E-state index contributed by atoms with van der Waals surface area (Å²) in [5.74, 6) is -0.217. The molecule has 1 rings (SSSR count). The third-order valence-corrected chi connectivity index (χ3v) is 2.37. The third kappa shape index (κ3) is 2.72. The quantitative estimate of drug-likeness (QED) is 0.636. The lowest BCUT2D eigenvalue weighted by atomic mass is 10.1. The Labute approximate surface area is 77.6 Å². The molecule has 0 aromatic carbocycles. The highest BCUT2D eigenvalue weighted by Gasteiger charge is 2.30. The number of esters is 1. The zero-order valence-corrected chi connectivity index (χ0v) is 8.00. The van der Waals surface area contributed by atoms with Crippen LogP contribution in [-0.4, -0.2) is 25.0 Å². The molecule has 1 saturated carbocycles. The predicted octanol–water partition coefficient (Wildman–Crippen LogP) is 0.464. The van der Waals surface area contributed by atoms with Gasteiger partial charge >= 0.3 is 5.97 Å². The number of hydrogen-bond donors (Lipinski definition) is 1. The van der Waals surface area contributed by atoms with Gasteiger partial charge in [-0.25, -0.2) is 0 Å². The summed E-state index contributed by atoms with van der Waals surface area (Å²) in [5, 5.41) is 2.80. The van der Waals surface area contributed by atoms with Crippen molar-refractivity contribution in [3.05, 3.63) is 0 Å². The van der Waals surface area contributed by atoms with Crippen molar-refractivity contribution in [3.8, 4) is 0 Å². The molecule has 2 atom stereocenters. The van der Waals surface area contributed by atoms with Gasteiger partial charge in [-0.05, 0) is 19.3 Å². The van der Waals surface area contributed by atoms with Crippen LogP contribution in [0.5, 0.6) is 0 Å². The van der Waals surface area contributed by atoms with E-state index in [1.807, 2.05) is 0 Å². The summed E-state index contributed by atoms with van der Waals surface area (Å²) >= 11 is 0. The maximum Gasteiger partial charge on any atom is 0.308 e. The van der Waals surface area contributed by atoms with Gasteiger partial charge in [0.2, 0.25) is 5.91 Å². The van der Waals surface area contributed by atoms with E-state index in [1.54, 1.807) is 0 Å². The molecule has 1 aliphatic rings. The Bertz CT molecular complexity index is 215. The molecule has 0 bridgehead atoms. The molecule has 0 aromatic heterocycles. The van der Waals surface area contributed by atoms with E-state index in [4.69, 9.17) is 0 Å². The average Bonchev–Trinajstić information content (AvgIpc) is 2.50. The van der Waals surface area contributed by atoms with Crippen LogP contribution < -0.4 is 5.32 Å². The van der Waals surface area contributed by atoms with Gasteiger partial charge in [-0.2, -0.15) is 0 Å². The number of hydrogen-bond acceptors (Lipinski definition) is 3. The molecule has 1 aliphatic carbocycles. The van der Waals surface area contributed by atoms with Crippen molar-refractivity contribution < 1.29 is 14.3 Å². The lowest BCUT2D eigenvalue weighted by Crippen LogP contribution is -2.31. The SMILES string of the molecule is COC(=O)[C@H]1CC[C@@H](NC(C)=O)C1. The maximum absolute atomic E-state index is 11.1. The Morgan fingerprint density at radius 3 is 2.62 bits per heavy atom. The minimum atomic E-state index is -0.159. The molecule has 0 aromatic rings. The number of carbonyl (C=O) groups is 2. The highest BCUT2D eigenvalue weighted by molar-refractivity contribution is 5.74. The number of amides is 1. The normalized spacial score (nSPS) is 26.9. The Hall–Kier alpha value is -1.06. The van der Waals surface area contributed by atoms with Crippen LogP contribution >= 0.6 is 0 Å². The number of rotatable bonds is 2. The Morgan fingerprint density at radius 1 is 1.38 bits per heavy atom. The van der Waals surface area contributed by atoms with Crippen LogP contribution in [0, 0.1) is 5.92 Å². The van der Waals surface area contributed by atoms with Crippen molar-refractivity contribution in [2.24, 2.45) is 5.92 Å². The Morgan fingerprint density at radius 2 is 2.08 bits per heavy atom. The van der Waals surface area contributed by atoms with Crippen LogP contribution in [-0.2, 0) is 14.3 Å². The summed E-state index contributed by atoms with van der Waals surface area (Å²) < 4.78 is 4.64. The summed E-state index contributed by atoms with van der Waals surface area (Å²) in [6, 6.07) is 0.154. The predicted molar refractivity (Wildman–Crippen MR) is 47.0 cm³/mol. The Kier molecular flexibility index (Phi) is 3.28. The van der Waals surface area contributed by atoms with Gasteiger partial charge in [-0.3, -0.25) is 9.59 Å². The van der Waals surface area contributed by atoms with E-state index in [1.165, 1.54) is 14.0 Å². The molecule has 74 valence electrons. The van der Waals surface area contributed by atoms with E-state index in [-0.39, 0.29) is 23.8 Å². The Balaban J connectivity index is 2.36. The summed E-state index contributed by atoms with van der Waals surface area (Å²) in [5.41, 5.74) is 0. The summed E-state index contributed by atoms with van der Waals surface area (Å²) in [6.45, 7) is 1.49. The molecular weight excluding hydrogens is 170 g/mol. The van der Waals surface area contributed by atoms with E-state index < -0.39 is 0 Å². The average molecular weight is 185 g/mol. The molecule has 0 heterocycles. The second-order valence-corrected chi connectivity index (χ2v) is 3.43. The van der Waals surface area contributed by atoms with Gasteiger partial charge in [-0.15, -0.1) is 0 Å². The fraction of sp³-hybridized carbons (Fsp3) is 0.778. The molecule has 0 saturated heterocycles. The number of carbonyl (C=O) groups excluding carboxylic acids is 2. The van der Waals surface area contributed by atoms with Crippen molar-refractivity contribution in [2.75, 3.05) is 7.11 Å². The highest BCUT2D eigenvalue weighted by Crippen LogP contribution is 2.26. The smallest absolute Gasteiger partial charge is 0.308 e. The van der Waals surface area contributed by atoms with Gasteiger partial charge in [0.05, 0.1) is 13.0 Å². The summed E-state index contributed by atoms with van der Waals surface area (Å²) in [6.07, 6.45) is 2.41. The molecule has 4 heteroatoms. The van der Waals surface area contributed by atoms with Gasteiger partial charge in [0, 0.05) is 13.0 Å². The minimum absolute atomic E-state index is 0.0261. The zero-order valence-electron chi connectivity index (χ0n) is 8.00. The number of ether oxygens (including phenoxy) is 1. The zero-order chi connectivity index (χ0) is 9.84. The maximum atomic E-state index is 11.1. The van der Waals surface area contributed by atoms with Crippen LogP contribution in [0.2, 0.25) is 0 Å². The van der Waals surface area contributed by atoms with Crippen molar-refractivity contribution in [1.82, 2.24) is 5.32 Å². The standard InChI is InChI=1S/C9H15NO3/c1-6(11)10-8-4-3-7(5-8)9(12)13-2/h7-8H,3-5H2,1-2H3,(H,10,11)/t7-,8+/m0/s1. The van der Waals surface area contributed by atoms with Crippen molar-refractivity contribution >= 4 is 11.9 Å². The molecule has 0 unspecified atom stereocenters. The molecular formula is C9H15NO3. The van der Waals surface area contributed by atoms with Gasteiger partial charge in [0.1, 0.15) is 0 Å². The monoisotopic (exact) mass is 185 g/mol. The van der Waals surface area contributed by atoms with Gasteiger partial charge in [0.25, 0.3) is 0 Å². The van der Waals surface area contributed by atoms with E-state index in [0.29, 0.717) is 6.42 Å². The highest BCUT2D eigenvalue weighted by atomic mass is 16.5. The van der Waals surface area contributed by atoms with E-state index in [0.717, 1.165) is 12.8 Å². The molecule has 0 radical (unpaired) electrons. The molecule has 1 amide bonds. The van der Waals surface area contributed by atoms with Crippen molar-refractivity contribution in [1.29, 1.82) is 0 Å². The lowest BCUT2D eigenvalue weighted by Gasteiger charge is -2.10.